The van der Waals surface area contributed by atoms with Crippen LogP contribution in [-0.4, -0.2) is 25.7 Å². The number of methoxy groups -OCH3 is 1. The number of nitrogens with one attached hydrogen (secondary N) is 1. The molecule has 0 fully saturated rings. The molecule has 3 nitrogen and oxygen atoms in total. The normalized spacial score (nSPS) is 13.6. The van der Waals surface area contributed by atoms with Crippen LogP contribution in [0.3, 0.4) is 0 Å². The molecular weight excluding hydrogens is 190 g/mol. The van der Waals surface area contributed by atoms with Gasteiger partial charge < -0.3 is 10.1 Å². The van der Waals surface area contributed by atoms with Crippen LogP contribution in [0.4, 0.5) is 0 Å². The molecule has 0 aliphatic carbocycles. The molecule has 0 aromatic rings. The third-order valence-electron chi connectivity index (χ3n) is 1.67. The van der Waals surface area contributed by atoms with E-state index in [-0.39, 0.29) is 17.9 Å². The molecule has 76 valence electrons. The van der Waals surface area contributed by atoms with Crippen molar-refractivity contribution in [2.75, 3.05) is 13.7 Å². The van der Waals surface area contributed by atoms with Crippen molar-refractivity contribution in [1.29, 1.82) is 0 Å². The molecule has 0 aliphatic rings. The summed E-state index contributed by atoms with van der Waals surface area (Å²) in [6.07, 6.45) is 1.74. The smallest absolute Gasteiger partial charge is 0.323 e. The molecule has 1 unspecified atom stereocenters. The van der Waals surface area contributed by atoms with Gasteiger partial charge in [-0.05, 0) is 5.92 Å². The number of hydrogen-bond donors (Lipinski definition) is 1. The van der Waals surface area contributed by atoms with Crippen LogP contribution in [0.15, 0.2) is 11.6 Å². The summed E-state index contributed by atoms with van der Waals surface area (Å²) in [6.45, 7) is 4.49. The van der Waals surface area contributed by atoms with E-state index in [1.165, 1.54) is 12.6 Å². The molecule has 0 aromatic heterocycles. The monoisotopic (exact) mass is 205 g/mol. The van der Waals surface area contributed by atoms with Gasteiger partial charge in [0, 0.05) is 12.1 Å². The summed E-state index contributed by atoms with van der Waals surface area (Å²) in [7, 11) is 1.39. The van der Waals surface area contributed by atoms with E-state index >= 15 is 0 Å². The standard InChI is InChI=1S/C9H16ClNO2/c1-7(2)8(9(12)13-3)11-6-4-5-10/h4-5,7-8,11H,6H2,1-3H3. The Bertz CT molecular complexity index is 180. The highest BCUT2D eigenvalue weighted by molar-refractivity contribution is 6.25. The lowest BCUT2D eigenvalue weighted by Gasteiger charge is -2.18. The Balaban J connectivity index is 4.02. The first-order valence-corrected chi connectivity index (χ1v) is 4.63. The molecule has 0 aromatic carbocycles. The summed E-state index contributed by atoms with van der Waals surface area (Å²) in [5, 5.41) is 3.02. The van der Waals surface area contributed by atoms with Gasteiger partial charge in [0.2, 0.25) is 0 Å². The number of rotatable bonds is 5. The second-order valence-corrected chi connectivity index (χ2v) is 3.27. The van der Waals surface area contributed by atoms with Crippen LogP contribution in [0.25, 0.3) is 0 Å². The van der Waals surface area contributed by atoms with Gasteiger partial charge in [-0.1, -0.05) is 31.5 Å². The topological polar surface area (TPSA) is 38.3 Å². The largest absolute Gasteiger partial charge is 0.468 e. The summed E-state index contributed by atoms with van der Waals surface area (Å²) in [5.41, 5.74) is 1.42. The highest BCUT2D eigenvalue weighted by atomic mass is 35.5. The number of esters is 1. The molecule has 0 spiro atoms. The Kier molecular flexibility index (Phi) is 6.63. The quantitative estimate of drug-likeness (QED) is 0.692. The van der Waals surface area contributed by atoms with Gasteiger partial charge in [-0.25, -0.2) is 0 Å². The zero-order chi connectivity index (χ0) is 10.3. The van der Waals surface area contributed by atoms with E-state index in [1.54, 1.807) is 6.08 Å². The Hall–Kier alpha value is -0.540. The van der Waals surface area contributed by atoms with Gasteiger partial charge in [-0.3, -0.25) is 4.79 Å². The molecule has 0 radical (unpaired) electrons. The second-order valence-electron chi connectivity index (χ2n) is 3.01. The van der Waals surface area contributed by atoms with Gasteiger partial charge >= 0.3 is 5.97 Å². The minimum Gasteiger partial charge on any atom is -0.468 e. The summed E-state index contributed by atoms with van der Waals surface area (Å²) in [5.74, 6) is -0.0332. The Labute approximate surface area is 84.1 Å². The third-order valence-corrected chi connectivity index (χ3v) is 1.84. The SMILES string of the molecule is COC(=O)C(NCC=CCl)C(C)C. The van der Waals surface area contributed by atoms with Crippen LogP contribution in [0.5, 0.6) is 0 Å². The second kappa shape index (κ2) is 6.92. The van der Waals surface area contributed by atoms with Crippen molar-refractivity contribution in [3.05, 3.63) is 11.6 Å². The molecule has 0 heterocycles. The lowest BCUT2D eigenvalue weighted by atomic mass is 10.1. The van der Waals surface area contributed by atoms with Crippen molar-refractivity contribution in [3.8, 4) is 0 Å². The average molecular weight is 206 g/mol. The van der Waals surface area contributed by atoms with Crippen LogP contribution >= 0.6 is 11.6 Å². The maximum absolute atomic E-state index is 11.2. The number of carbonyl (C=O) groups excluding carboxylic acids is 1. The number of ether oxygens (including phenoxy) is 1. The van der Waals surface area contributed by atoms with Gasteiger partial charge in [0.05, 0.1) is 7.11 Å². The fourth-order valence-corrected chi connectivity index (χ4v) is 1.05. The summed E-state index contributed by atoms with van der Waals surface area (Å²) < 4.78 is 4.65. The van der Waals surface area contributed by atoms with E-state index < -0.39 is 0 Å². The third kappa shape index (κ3) is 4.90. The van der Waals surface area contributed by atoms with Crippen LogP contribution in [0.1, 0.15) is 13.8 Å². The summed E-state index contributed by atoms with van der Waals surface area (Å²) in [4.78, 5) is 11.2. The van der Waals surface area contributed by atoms with E-state index in [0.717, 1.165) is 0 Å². The average Bonchev–Trinajstić information content (AvgIpc) is 2.11. The minimum atomic E-state index is -0.266. The summed E-state index contributed by atoms with van der Waals surface area (Å²) >= 11 is 5.34. The first-order valence-electron chi connectivity index (χ1n) is 4.20. The number of carbonyl (C=O) groups is 1. The van der Waals surface area contributed by atoms with Gasteiger partial charge in [0.25, 0.3) is 0 Å². The van der Waals surface area contributed by atoms with Crippen LogP contribution in [0.2, 0.25) is 0 Å². The Morgan fingerprint density at radius 2 is 2.23 bits per heavy atom. The molecule has 13 heavy (non-hydrogen) atoms. The Morgan fingerprint density at radius 3 is 2.62 bits per heavy atom. The predicted molar refractivity (Wildman–Crippen MR) is 53.6 cm³/mol. The van der Waals surface area contributed by atoms with Gasteiger partial charge in [-0.15, -0.1) is 0 Å². The maximum Gasteiger partial charge on any atom is 0.323 e. The van der Waals surface area contributed by atoms with Crippen LogP contribution in [0, 0.1) is 5.92 Å². The molecule has 4 heteroatoms. The van der Waals surface area contributed by atoms with Crippen molar-refractivity contribution in [2.24, 2.45) is 5.92 Å². The lowest BCUT2D eigenvalue weighted by Crippen LogP contribution is -2.41. The van der Waals surface area contributed by atoms with Crippen molar-refractivity contribution in [3.63, 3.8) is 0 Å². The van der Waals surface area contributed by atoms with E-state index in [0.29, 0.717) is 6.54 Å². The number of halogens is 1. The van der Waals surface area contributed by atoms with Crippen molar-refractivity contribution >= 4 is 17.6 Å². The van der Waals surface area contributed by atoms with E-state index in [2.05, 4.69) is 10.1 Å². The highest BCUT2D eigenvalue weighted by Gasteiger charge is 2.21. The fraction of sp³-hybridized carbons (Fsp3) is 0.667. The highest BCUT2D eigenvalue weighted by Crippen LogP contribution is 2.02. The molecule has 0 saturated heterocycles. The van der Waals surface area contributed by atoms with Crippen molar-refractivity contribution in [2.45, 2.75) is 19.9 Å². The lowest BCUT2D eigenvalue weighted by molar-refractivity contribution is -0.144. The molecule has 0 saturated carbocycles. The van der Waals surface area contributed by atoms with E-state index in [1.807, 2.05) is 13.8 Å². The molecule has 0 aliphatic heterocycles. The molecule has 0 bridgehead atoms. The summed E-state index contributed by atoms with van der Waals surface area (Å²) in [6, 6.07) is -0.266. The zero-order valence-electron chi connectivity index (χ0n) is 8.21. The molecule has 0 amide bonds. The molecule has 1 atom stereocenters. The Morgan fingerprint density at radius 1 is 1.62 bits per heavy atom. The van der Waals surface area contributed by atoms with Crippen molar-refractivity contribution < 1.29 is 9.53 Å². The minimum absolute atomic E-state index is 0.205. The molecule has 0 rings (SSSR count). The van der Waals surface area contributed by atoms with Crippen LogP contribution in [-0.2, 0) is 9.53 Å². The number of hydrogen-bond acceptors (Lipinski definition) is 3. The molecule has 1 N–H and O–H groups in total. The zero-order valence-corrected chi connectivity index (χ0v) is 8.97. The van der Waals surface area contributed by atoms with Gasteiger partial charge in [0.15, 0.2) is 0 Å². The van der Waals surface area contributed by atoms with E-state index in [9.17, 15) is 4.79 Å². The predicted octanol–water partition coefficient (Wildman–Crippen LogP) is 1.53. The first kappa shape index (κ1) is 12.5. The van der Waals surface area contributed by atoms with Gasteiger partial charge in [0.1, 0.15) is 6.04 Å². The fourth-order valence-electron chi connectivity index (χ4n) is 0.958. The van der Waals surface area contributed by atoms with Gasteiger partial charge in [-0.2, -0.15) is 0 Å². The maximum atomic E-state index is 11.2. The molecular formula is C9H16ClNO2. The van der Waals surface area contributed by atoms with Crippen molar-refractivity contribution in [1.82, 2.24) is 5.32 Å². The van der Waals surface area contributed by atoms with E-state index in [4.69, 9.17) is 11.6 Å². The first-order chi connectivity index (χ1) is 6.13. The van der Waals surface area contributed by atoms with Crippen LogP contribution < -0.4 is 5.32 Å².